The monoisotopic (exact) mass is 364 g/mol. The van der Waals surface area contributed by atoms with Crippen molar-refractivity contribution < 1.29 is 14.8 Å². The van der Waals surface area contributed by atoms with Crippen LogP contribution in [0.25, 0.3) is 0 Å². The smallest absolute Gasteiger partial charge is 0.423 e. The number of fused-ring (bicyclic) bond motifs is 1. The highest BCUT2D eigenvalue weighted by Gasteiger charge is 2.50. The van der Waals surface area contributed by atoms with Crippen LogP contribution in [0.1, 0.15) is 68.4 Å². The van der Waals surface area contributed by atoms with Gasteiger partial charge in [0.15, 0.2) is 0 Å². The quantitative estimate of drug-likeness (QED) is 0.649. The van der Waals surface area contributed by atoms with E-state index in [1.165, 1.54) is 35.1 Å². The molecule has 27 heavy (non-hydrogen) atoms. The third-order valence-corrected chi connectivity index (χ3v) is 6.74. The Labute approximate surface area is 162 Å². The van der Waals surface area contributed by atoms with Crippen LogP contribution in [0.3, 0.4) is 0 Å². The Balaban J connectivity index is 1.83. The summed E-state index contributed by atoms with van der Waals surface area (Å²) in [5.41, 5.74) is 6.94. The fourth-order valence-electron chi connectivity index (χ4n) is 4.63. The van der Waals surface area contributed by atoms with Crippen molar-refractivity contribution in [3.63, 3.8) is 0 Å². The van der Waals surface area contributed by atoms with Gasteiger partial charge in [0.1, 0.15) is 5.60 Å². The van der Waals surface area contributed by atoms with Gasteiger partial charge in [-0.05, 0) is 63.9 Å². The number of benzene rings is 2. The lowest BCUT2D eigenvalue weighted by Crippen LogP contribution is -2.34. The number of rotatable bonds is 3. The Morgan fingerprint density at radius 3 is 1.85 bits per heavy atom. The molecular formula is C23H29BO3. The lowest BCUT2D eigenvalue weighted by molar-refractivity contribution is 0.326. The Hall–Kier alpha value is -1.62. The SMILES string of the molecule is Cc1cc2c(cc1C1(c3ccc(B(O)O)cc3)CO1)C(C)(C)CCC2(C)C. The molecule has 0 aromatic heterocycles. The van der Waals surface area contributed by atoms with Gasteiger partial charge in [-0.1, -0.05) is 64.1 Å². The standard InChI is InChI=1S/C23H29BO3/c1-15-12-19-20(22(4,5)11-10-21(19,2)3)13-18(15)23(14-27-23)16-6-8-17(9-7-16)24(25)26/h6-9,12-13,25-26H,10-11,14H2,1-5H3. The molecule has 4 heteroatoms. The van der Waals surface area contributed by atoms with Crippen LogP contribution in [-0.2, 0) is 21.2 Å². The molecule has 4 rings (SSSR count). The number of ether oxygens (including phenoxy) is 1. The topological polar surface area (TPSA) is 53.0 Å². The molecule has 1 unspecified atom stereocenters. The van der Waals surface area contributed by atoms with Crippen LogP contribution in [0.15, 0.2) is 36.4 Å². The summed E-state index contributed by atoms with van der Waals surface area (Å²) in [6, 6.07) is 12.2. The highest BCUT2D eigenvalue weighted by atomic mass is 16.6. The summed E-state index contributed by atoms with van der Waals surface area (Å²) in [4.78, 5) is 0. The molecule has 0 saturated carbocycles. The van der Waals surface area contributed by atoms with Gasteiger partial charge >= 0.3 is 7.12 Å². The van der Waals surface area contributed by atoms with Crippen molar-refractivity contribution >= 4 is 12.6 Å². The lowest BCUT2D eigenvalue weighted by Gasteiger charge is -2.42. The number of hydrogen-bond acceptors (Lipinski definition) is 3. The van der Waals surface area contributed by atoms with Gasteiger partial charge in [-0.25, -0.2) is 0 Å². The average molecular weight is 364 g/mol. The predicted molar refractivity (Wildman–Crippen MR) is 109 cm³/mol. The molecule has 2 aliphatic rings. The molecule has 0 radical (unpaired) electrons. The second kappa shape index (κ2) is 5.94. The van der Waals surface area contributed by atoms with E-state index in [-0.39, 0.29) is 10.8 Å². The molecule has 1 saturated heterocycles. The van der Waals surface area contributed by atoms with Crippen molar-refractivity contribution in [3.05, 3.63) is 64.2 Å². The molecule has 1 fully saturated rings. The number of epoxide rings is 1. The third kappa shape index (κ3) is 2.95. The zero-order chi connectivity index (χ0) is 19.6. The van der Waals surface area contributed by atoms with Gasteiger partial charge in [0.25, 0.3) is 0 Å². The van der Waals surface area contributed by atoms with Gasteiger partial charge in [0, 0.05) is 0 Å². The summed E-state index contributed by atoms with van der Waals surface area (Å²) < 4.78 is 6.04. The third-order valence-electron chi connectivity index (χ3n) is 6.74. The van der Waals surface area contributed by atoms with E-state index in [0.29, 0.717) is 12.1 Å². The minimum Gasteiger partial charge on any atom is -0.423 e. The Morgan fingerprint density at radius 1 is 0.852 bits per heavy atom. The summed E-state index contributed by atoms with van der Waals surface area (Å²) >= 11 is 0. The van der Waals surface area contributed by atoms with Crippen molar-refractivity contribution in [2.45, 2.75) is 63.9 Å². The average Bonchev–Trinajstić information content (AvgIpc) is 3.40. The lowest BCUT2D eigenvalue weighted by atomic mass is 9.62. The van der Waals surface area contributed by atoms with E-state index in [0.717, 1.165) is 5.56 Å². The molecule has 1 atom stereocenters. The van der Waals surface area contributed by atoms with Crippen LogP contribution in [0.4, 0.5) is 0 Å². The van der Waals surface area contributed by atoms with Gasteiger partial charge in [0.05, 0.1) is 6.61 Å². The van der Waals surface area contributed by atoms with E-state index >= 15 is 0 Å². The first-order valence-corrected chi connectivity index (χ1v) is 9.83. The van der Waals surface area contributed by atoms with Crippen LogP contribution in [0, 0.1) is 6.92 Å². The Bertz CT molecular complexity index is 877. The Kier molecular flexibility index (Phi) is 4.12. The number of hydrogen-bond donors (Lipinski definition) is 2. The molecule has 0 spiro atoms. The molecule has 1 heterocycles. The summed E-state index contributed by atoms with van der Waals surface area (Å²) in [6.07, 6.45) is 2.39. The van der Waals surface area contributed by atoms with Crippen molar-refractivity contribution in [1.29, 1.82) is 0 Å². The Morgan fingerprint density at radius 2 is 1.37 bits per heavy atom. The van der Waals surface area contributed by atoms with Gasteiger partial charge in [0.2, 0.25) is 0 Å². The van der Waals surface area contributed by atoms with E-state index < -0.39 is 12.7 Å². The molecule has 2 N–H and O–H groups in total. The van der Waals surface area contributed by atoms with Gasteiger partial charge in [-0.2, -0.15) is 0 Å². The van der Waals surface area contributed by atoms with Crippen molar-refractivity contribution in [2.24, 2.45) is 0 Å². The van der Waals surface area contributed by atoms with Crippen molar-refractivity contribution in [2.75, 3.05) is 6.61 Å². The molecule has 2 aromatic carbocycles. The summed E-state index contributed by atoms with van der Waals surface area (Å²) in [5, 5.41) is 18.7. The first-order chi connectivity index (χ1) is 12.6. The van der Waals surface area contributed by atoms with E-state index in [1.54, 1.807) is 12.1 Å². The van der Waals surface area contributed by atoms with E-state index in [2.05, 4.69) is 46.8 Å². The maximum atomic E-state index is 9.36. The summed E-state index contributed by atoms with van der Waals surface area (Å²) in [6.45, 7) is 12.2. The molecule has 142 valence electrons. The van der Waals surface area contributed by atoms with Crippen LogP contribution < -0.4 is 5.46 Å². The van der Waals surface area contributed by atoms with Crippen LogP contribution in [0.5, 0.6) is 0 Å². The molecule has 1 aliphatic carbocycles. The minimum atomic E-state index is -1.44. The molecular weight excluding hydrogens is 335 g/mol. The van der Waals surface area contributed by atoms with Gasteiger partial charge in [-0.15, -0.1) is 0 Å². The van der Waals surface area contributed by atoms with Crippen LogP contribution >= 0.6 is 0 Å². The highest BCUT2D eigenvalue weighted by Crippen LogP contribution is 2.51. The second-order valence-corrected chi connectivity index (χ2v) is 9.59. The van der Waals surface area contributed by atoms with Gasteiger partial charge in [-0.3, -0.25) is 0 Å². The fourth-order valence-corrected chi connectivity index (χ4v) is 4.63. The number of aryl methyl sites for hydroxylation is 1. The molecule has 3 nitrogen and oxygen atoms in total. The fraction of sp³-hybridized carbons (Fsp3) is 0.478. The largest absolute Gasteiger partial charge is 0.488 e. The maximum Gasteiger partial charge on any atom is 0.488 e. The predicted octanol–water partition coefficient (Wildman–Crippen LogP) is 3.30. The van der Waals surface area contributed by atoms with Gasteiger partial charge < -0.3 is 14.8 Å². The van der Waals surface area contributed by atoms with Crippen molar-refractivity contribution in [3.8, 4) is 0 Å². The maximum absolute atomic E-state index is 9.36. The van der Waals surface area contributed by atoms with E-state index in [4.69, 9.17) is 4.74 Å². The molecule has 0 amide bonds. The molecule has 1 aliphatic heterocycles. The normalized spacial score (nSPS) is 25.0. The van der Waals surface area contributed by atoms with Crippen LogP contribution in [-0.4, -0.2) is 23.8 Å². The first kappa shape index (κ1) is 18.7. The second-order valence-electron chi connectivity index (χ2n) is 9.59. The summed E-state index contributed by atoms with van der Waals surface area (Å²) in [5.74, 6) is 0. The first-order valence-electron chi connectivity index (χ1n) is 9.83. The van der Waals surface area contributed by atoms with Crippen LogP contribution in [0.2, 0.25) is 0 Å². The summed E-state index contributed by atoms with van der Waals surface area (Å²) in [7, 11) is -1.44. The van der Waals surface area contributed by atoms with E-state index in [9.17, 15) is 10.0 Å². The molecule has 2 aromatic rings. The highest BCUT2D eigenvalue weighted by molar-refractivity contribution is 6.58. The van der Waals surface area contributed by atoms with E-state index in [1.807, 2.05) is 12.1 Å². The zero-order valence-electron chi connectivity index (χ0n) is 17.0. The molecule has 0 bridgehead atoms. The zero-order valence-corrected chi connectivity index (χ0v) is 17.0. The van der Waals surface area contributed by atoms with Crippen molar-refractivity contribution in [1.82, 2.24) is 0 Å². The minimum absolute atomic E-state index is 0.161.